The summed E-state index contributed by atoms with van der Waals surface area (Å²) in [5.41, 5.74) is -1.53. The van der Waals surface area contributed by atoms with Crippen molar-refractivity contribution in [1.82, 2.24) is 20.1 Å². The quantitative estimate of drug-likeness (QED) is 0.387. The molecule has 0 spiro atoms. The number of halogens is 5. The summed E-state index contributed by atoms with van der Waals surface area (Å²) in [5, 5.41) is 11.8. The van der Waals surface area contributed by atoms with Gasteiger partial charge in [-0.3, -0.25) is 14.5 Å². The van der Waals surface area contributed by atoms with Crippen molar-refractivity contribution in [2.45, 2.75) is 84.4 Å². The van der Waals surface area contributed by atoms with Crippen LogP contribution in [0.1, 0.15) is 68.2 Å². The van der Waals surface area contributed by atoms with E-state index < -0.39 is 45.8 Å². The summed E-state index contributed by atoms with van der Waals surface area (Å²) in [6.07, 6.45) is -1.99. The number of sulfonamides is 1. The molecule has 3 N–H and O–H groups in total. The number of carbonyl (C=O) groups excluding carboxylic acids is 1. The number of aryl methyl sites for hydroxylation is 1. The Labute approximate surface area is 229 Å². The van der Waals surface area contributed by atoms with E-state index in [2.05, 4.69) is 20.1 Å². The fourth-order valence-corrected chi connectivity index (χ4v) is 5.75. The van der Waals surface area contributed by atoms with Crippen molar-refractivity contribution < 1.29 is 39.9 Å². The van der Waals surface area contributed by atoms with Gasteiger partial charge < -0.3 is 10.1 Å². The number of hydrogen-bond acceptors (Lipinski definition) is 6. The maximum atomic E-state index is 13.4. The standard InChI is InChI=1S/C25H34F5N5O4S/c1-5-35-21(18-13-32-16(10-19(18)39-23(26)27)11-24(3,4)25(28,29)30)14(2)20(34-35)22(36)33-12-15-6-8-17(9-7-15)40(31,37)38/h10,13,15,17,23H,5-9,11-12H2,1-4H3,(H,33,36)(H2,31,37,38)/t15-,17-. The van der Waals surface area contributed by atoms with Gasteiger partial charge in [0.05, 0.1) is 21.9 Å². The summed E-state index contributed by atoms with van der Waals surface area (Å²) in [5.74, 6) is -0.833. The molecule has 0 radical (unpaired) electrons. The summed E-state index contributed by atoms with van der Waals surface area (Å²) in [7, 11) is -3.60. The number of ether oxygens (including phenoxy) is 1. The van der Waals surface area contributed by atoms with Crippen LogP contribution in [-0.4, -0.2) is 53.7 Å². The van der Waals surface area contributed by atoms with E-state index in [1.165, 1.54) is 4.68 Å². The lowest BCUT2D eigenvalue weighted by Crippen LogP contribution is -2.36. The van der Waals surface area contributed by atoms with E-state index in [-0.39, 0.29) is 47.4 Å². The second-order valence-corrected chi connectivity index (χ2v) is 12.5. The number of hydrogen-bond donors (Lipinski definition) is 2. The molecule has 2 heterocycles. The van der Waals surface area contributed by atoms with E-state index >= 15 is 0 Å². The van der Waals surface area contributed by atoms with Crippen LogP contribution in [0.2, 0.25) is 0 Å². The van der Waals surface area contributed by atoms with Gasteiger partial charge in [0, 0.05) is 43.0 Å². The maximum absolute atomic E-state index is 13.4. The Hall–Kier alpha value is -2.81. The Morgan fingerprint density at radius 1 is 1.23 bits per heavy atom. The number of amides is 1. The van der Waals surface area contributed by atoms with Gasteiger partial charge in [-0.15, -0.1) is 0 Å². The fourth-order valence-electron chi connectivity index (χ4n) is 4.82. The number of carbonyl (C=O) groups is 1. The number of aromatic nitrogens is 3. The van der Waals surface area contributed by atoms with E-state index in [1.54, 1.807) is 13.8 Å². The molecule has 9 nitrogen and oxygen atoms in total. The molecule has 1 aliphatic rings. The number of pyridine rings is 1. The molecule has 1 amide bonds. The van der Waals surface area contributed by atoms with E-state index in [0.29, 0.717) is 31.2 Å². The van der Waals surface area contributed by atoms with Gasteiger partial charge in [0.25, 0.3) is 5.91 Å². The van der Waals surface area contributed by atoms with Crippen LogP contribution in [0.3, 0.4) is 0 Å². The van der Waals surface area contributed by atoms with Gasteiger partial charge in [-0.2, -0.15) is 27.1 Å². The Balaban J connectivity index is 1.86. The highest BCUT2D eigenvalue weighted by atomic mass is 32.2. The van der Waals surface area contributed by atoms with Crippen LogP contribution in [-0.2, 0) is 23.0 Å². The highest BCUT2D eigenvalue weighted by Crippen LogP contribution is 2.41. The first kappa shape index (κ1) is 31.7. The summed E-state index contributed by atoms with van der Waals surface area (Å²) in [6.45, 7) is 2.56. The molecule has 1 aliphatic carbocycles. The van der Waals surface area contributed by atoms with Gasteiger partial charge in [0.1, 0.15) is 5.75 Å². The van der Waals surface area contributed by atoms with E-state index in [1.807, 2.05) is 0 Å². The maximum Gasteiger partial charge on any atom is 0.394 e. The molecule has 3 rings (SSSR count). The Kier molecular flexibility index (Phi) is 9.49. The van der Waals surface area contributed by atoms with Crippen LogP contribution < -0.4 is 15.2 Å². The molecule has 0 unspecified atom stereocenters. The lowest BCUT2D eigenvalue weighted by molar-refractivity contribution is -0.211. The number of rotatable bonds is 10. The largest absolute Gasteiger partial charge is 0.434 e. The first-order chi connectivity index (χ1) is 18.4. The lowest BCUT2D eigenvalue weighted by atomic mass is 9.86. The van der Waals surface area contributed by atoms with Gasteiger partial charge in [-0.1, -0.05) is 13.8 Å². The average molecular weight is 596 g/mol. The Morgan fingerprint density at radius 2 is 1.85 bits per heavy atom. The van der Waals surface area contributed by atoms with Crippen LogP contribution in [0, 0.1) is 18.3 Å². The zero-order chi connectivity index (χ0) is 30.0. The molecule has 0 aromatic carbocycles. The second-order valence-electron chi connectivity index (χ2n) is 10.7. The molecule has 1 saturated carbocycles. The van der Waals surface area contributed by atoms with Crippen LogP contribution in [0.25, 0.3) is 11.3 Å². The van der Waals surface area contributed by atoms with Gasteiger partial charge in [0.15, 0.2) is 5.69 Å². The summed E-state index contributed by atoms with van der Waals surface area (Å²) < 4.78 is 96.0. The first-order valence-corrected chi connectivity index (χ1v) is 14.4. The van der Waals surface area contributed by atoms with Crippen molar-refractivity contribution in [1.29, 1.82) is 0 Å². The van der Waals surface area contributed by atoms with Crippen molar-refractivity contribution in [2.24, 2.45) is 16.5 Å². The predicted molar refractivity (Wildman–Crippen MR) is 137 cm³/mol. The third-order valence-corrected chi connectivity index (χ3v) is 8.70. The number of nitrogens with one attached hydrogen (secondary N) is 1. The molecule has 40 heavy (non-hydrogen) atoms. The number of nitrogens with zero attached hydrogens (tertiary/aromatic N) is 3. The molecule has 0 aliphatic heterocycles. The minimum Gasteiger partial charge on any atom is -0.434 e. The first-order valence-electron chi connectivity index (χ1n) is 12.8. The normalized spacial score (nSPS) is 18.7. The van der Waals surface area contributed by atoms with E-state index in [4.69, 9.17) is 5.14 Å². The molecule has 1 fully saturated rings. The Morgan fingerprint density at radius 3 is 2.38 bits per heavy atom. The van der Waals surface area contributed by atoms with Crippen LogP contribution in [0.5, 0.6) is 5.75 Å². The molecule has 0 saturated heterocycles. The summed E-state index contributed by atoms with van der Waals surface area (Å²) in [6, 6.07) is 1.05. The van der Waals surface area contributed by atoms with Gasteiger partial charge in [-0.05, 0) is 45.4 Å². The zero-order valence-corrected chi connectivity index (χ0v) is 23.5. The van der Waals surface area contributed by atoms with Crippen molar-refractivity contribution in [3.8, 4) is 17.0 Å². The summed E-state index contributed by atoms with van der Waals surface area (Å²) in [4.78, 5) is 17.1. The van der Waals surface area contributed by atoms with Crippen LogP contribution in [0.4, 0.5) is 22.0 Å². The molecule has 15 heteroatoms. The molecule has 2 aromatic rings. The highest BCUT2D eigenvalue weighted by Gasteiger charge is 2.47. The van der Waals surface area contributed by atoms with Gasteiger partial charge in [0.2, 0.25) is 10.0 Å². The minimum absolute atomic E-state index is 0.0420. The van der Waals surface area contributed by atoms with Gasteiger partial charge in [-0.25, -0.2) is 13.6 Å². The molecule has 0 atom stereocenters. The fraction of sp³-hybridized carbons (Fsp3) is 0.640. The molecular formula is C25H34F5N5O4S. The zero-order valence-electron chi connectivity index (χ0n) is 22.7. The minimum atomic E-state index is -4.54. The molecule has 2 aromatic heterocycles. The van der Waals surface area contributed by atoms with Crippen molar-refractivity contribution in [3.05, 3.63) is 29.2 Å². The predicted octanol–water partition coefficient (Wildman–Crippen LogP) is 4.58. The van der Waals surface area contributed by atoms with Crippen LogP contribution in [0.15, 0.2) is 12.3 Å². The monoisotopic (exact) mass is 595 g/mol. The third-order valence-electron chi connectivity index (χ3n) is 7.30. The topological polar surface area (TPSA) is 129 Å². The van der Waals surface area contributed by atoms with E-state index in [9.17, 15) is 35.2 Å². The number of nitrogens with two attached hydrogens (primary N) is 1. The number of primary sulfonamides is 1. The van der Waals surface area contributed by atoms with Crippen molar-refractivity contribution >= 4 is 15.9 Å². The third kappa shape index (κ3) is 7.28. The highest BCUT2D eigenvalue weighted by molar-refractivity contribution is 7.89. The Bertz CT molecular complexity index is 1320. The average Bonchev–Trinajstić information content (AvgIpc) is 3.17. The molecular weight excluding hydrogens is 561 g/mol. The number of alkyl halides is 5. The lowest BCUT2D eigenvalue weighted by Gasteiger charge is -2.27. The second kappa shape index (κ2) is 12.0. The van der Waals surface area contributed by atoms with E-state index in [0.717, 1.165) is 26.1 Å². The smallest absolute Gasteiger partial charge is 0.394 e. The molecule has 224 valence electrons. The van der Waals surface area contributed by atoms with Crippen molar-refractivity contribution in [2.75, 3.05) is 6.54 Å². The van der Waals surface area contributed by atoms with Crippen LogP contribution >= 0.6 is 0 Å². The molecule has 0 bridgehead atoms. The summed E-state index contributed by atoms with van der Waals surface area (Å²) >= 11 is 0. The van der Waals surface area contributed by atoms with Crippen molar-refractivity contribution in [3.63, 3.8) is 0 Å². The van der Waals surface area contributed by atoms with Gasteiger partial charge >= 0.3 is 12.8 Å². The SMILES string of the molecule is CCn1nc(C(=O)NC[C@H]2CC[C@H](S(N)(=O)=O)CC2)c(C)c1-c1cnc(CC(C)(C)C(F)(F)F)cc1OC(F)F.